The fraction of sp³-hybridized carbons (Fsp3) is 0.909. The van der Waals surface area contributed by atoms with Crippen LogP contribution in [-0.4, -0.2) is 35.1 Å². The summed E-state index contributed by atoms with van der Waals surface area (Å²) in [6.45, 7) is 6.57. The van der Waals surface area contributed by atoms with Crippen LogP contribution in [-0.2, 0) is 4.79 Å². The molecule has 1 N–H and O–H groups in total. The van der Waals surface area contributed by atoms with Crippen molar-refractivity contribution in [1.82, 2.24) is 4.90 Å². The van der Waals surface area contributed by atoms with Crippen molar-refractivity contribution >= 4 is 5.97 Å². The summed E-state index contributed by atoms with van der Waals surface area (Å²) in [5.41, 5.74) is 0. The topological polar surface area (TPSA) is 40.5 Å². The zero-order valence-electron chi connectivity index (χ0n) is 9.20. The molecule has 3 nitrogen and oxygen atoms in total. The van der Waals surface area contributed by atoms with E-state index in [1.54, 1.807) is 0 Å². The zero-order valence-corrected chi connectivity index (χ0v) is 9.20. The molecule has 1 aliphatic heterocycles. The van der Waals surface area contributed by atoms with E-state index in [0.29, 0.717) is 18.4 Å². The predicted octanol–water partition coefficient (Wildman–Crippen LogP) is 1.97. The lowest BCUT2D eigenvalue weighted by molar-refractivity contribution is -0.138. The Bertz CT molecular complexity index is 194. The van der Waals surface area contributed by atoms with E-state index in [1.807, 2.05) is 0 Å². The molecular weight excluding hydrogens is 178 g/mol. The lowest BCUT2D eigenvalue weighted by atomic mass is 10.1. The van der Waals surface area contributed by atoms with Gasteiger partial charge >= 0.3 is 5.97 Å². The van der Waals surface area contributed by atoms with Gasteiger partial charge in [0.25, 0.3) is 0 Å². The normalized spacial score (nSPS) is 25.1. The lowest BCUT2D eigenvalue weighted by Gasteiger charge is -2.25. The first-order valence-electron chi connectivity index (χ1n) is 5.59. The van der Waals surface area contributed by atoms with Crippen molar-refractivity contribution in [2.24, 2.45) is 5.92 Å². The summed E-state index contributed by atoms with van der Waals surface area (Å²) >= 11 is 0. The maximum absolute atomic E-state index is 10.6. The van der Waals surface area contributed by atoms with E-state index in [0.717, 1.165) is 25.9 Å². The van der Waals surface area contributed by atoms with Gasteiger partial charge in [0.05, 0.1) is 6.42 Å². The minimum absolute atomic E-state index is 0.293. The van der Waals surface area contributed by atoms with E-state index in [-0.39, 0.29) is 0 Å². The summed E-state index contributed by atoms with van der Waals surface area (Å²) < 4.78 is 0. The van der Waals surface area contributed by atoms with Crippen LogP contribution in [0.4, 0.5) is 0 Å². The average Bonchev–Trinajstić information content (AvgIpc) is 2.52. The summed E-state index contributed by atoms with van der Waals surface area (Å²) in [6.07, 6.45) is 3.71. The molecule has 0 aromatic heterocycles. The first-order valence-corrected chi connectivity index (χ1v) is 5.59. The Hall–Kier alpha value is -0.570. The largest absolute Gasteiger partial charge is 0.481 e. The molecule has 1 fully saturated rings. The van der Waals surface area contributed by atoms with Crippen LogP contribution in [0.5, 0.6) is 0 Å². The Morgan fingerprint density at radius 1 is 1.64 bits per heavy atom. The molecule has 1 saturated heterocycles. The number of hydrogen-bond donors (Lipinski definition) is 1. The summed E-state index contributed by atoms with van der Waals surface area (Å²) in [5, 5.41) is 8.76. The van der Waals surface area contributed by atoms with E-state index in [1.165, 1.54) is 6.42 Å². The molecule has 82 valence electrons. The van der Waals surface area contributed by atoms with Crippen LogP contribution in [0.15, 0.2) is 0 Å². The number of carboxylic acids is 1. The van der Waals surface area contributed by atoms with E-state index in [2.05, 4.69) is 18.7 Å². The number of carboxylic acid groups (broad SMARTS) is 1. The van der Waals surface area contributed by atoms with Crippen molar-refractivity contribution in [3.05, 3.63) is 0 Å². The molecule has 14 heavy (non-hydrogen) atoms. The number of carbonyl (C=O) groups is 1. The smallest absolute Gasteiger partial charge is 0.304 e. The van der Waals surface area contributed by atoms with Crippen LogP contribution in [0, 0.1) is 5.92 Å². The van der Waals surface area contributed by atoms with E-state index in [4.69, 9.17) is 5.11 Å². The SMILES string of the molecule is CCC(C)CN1CCCC1CC(=O)O. The molecule has 1 rings (SSSR count). The van der Waals surface area contributed by atoms with Crippen molar-refractivity contribution in [2.45, 2.75) is 45.6 Å². The molecule has 0 radical (unpaired) electrons. The van der Waals surface area contributed by atoms with Crippen LogP contribution < -0.4 is 0 Å². The van der Waals surface area contributed by atoms with Gasteiger partial charge in [-0.3, -0.25) is 9.69 Å². The molecule has 0 saturated carbocycles. The second kappa shape index (κ2) is 5.35. The predicted molar refractivity (Wildman–Crippen MR) is 56.3 cm³/mol. The van der Waals surface area contributed by atoms with E-state index in [9.17, 15) is 4.79 Å². The Balaban J connectivity index is 2.38. The van der Waals surface area contributed by atoms with Gasteiger partial charge in [-0.1, -0.05) is 20.3 Å². The van der Waals surface area contributed by atoms with Gasteiger partial charge in [-0.05, 0) is 25.3 Å². The number of rotatable bonds is 5. The fourth-order valence-corrected chi connectivity index (χ4v) is 2.10. The molecule has 0 amide bonds. The van der Waals surface area contributed by atoms with Crippen molar-refractivity contribution < 1.29 is 9.90 Å². The maximum Gasteiger partial charge on any atom is 0.304 e. The second-order valence-electron chi connectivity index (χ2n) is 4.40. The first-order chi connectivity index (χ1) is 6.63. The molecule has 0 aromatic rings. The first kappa shape index (κ1) is 11.5. The molecular formula is C11H21NO2. The van der Waals surface area contributed by atoms with Gasteiger partial charge in [0, 0.05) is 12.6 Å². The minimum Gasteiger partial charge on any atom is -0.481 e. The van der Waals surface area contributed by atoms with Crippen LogP contribution in [0.3, 0.4) is 0 Å². The number of nitrogens with zero attached hydrogens (tertiary/aromatic N) is 1. The molecule has 0 spiro atoms. The number of hydrogen-bond acceptors (Lipinski definition) is 2. The van der Waals surface area contributed by atoms with Crippen LogP contribution >= 0.6 is 0 Å². The van der Waals surface area contributed by atoms with Crippen molar-refractivity contribution in [3.63, 3.8) is 0 Å². The zero-order chi connectivity index (χ0) is 10.6. The monoisotopic (exact) mass is 199 g/mol. The highest BCUT2D eigenvalue weighted by atomic mass is 16.4. The van der Waals surface area contributed by atoms with Crippen LogP contribution in [0.2, 0.25) is 0 Å². The Labute approximate surface area is 86.1 Å². The van der Waals surface area contributed by atoms with Crippen LogP contribution in [0.1, 0.15) is 39.5 Å². The summed E-state index contributed by atoms with van der Waals surface area (Å²) in [5.74, 6) is 0.0236. The summed E-state index contributed by atoms with van der Waals surface area (Å²) in [4.78, 5) is 13.0. The van der Waals surface area contributed by atoms with Gasteiger partial charge in [0.2, 0.25) is 0 Å². The highest BCUT2D eigenvalue weighted by Crippen LogP contribution is 2.21. The van der Waals surface area contributed by atoms with Gasteiger partial charge in [0.1, 0.15) is 0 Å². The molecule has 3 heteroatoms. The van der Waals surface area contributed by atoms with E-state index < -0.39 is 5.97 Å². The van der Waals surface area contributed by atoms with Crippen LogP contribution in [0.25, 0.3) is 0 Å². The molecule has 0 aliphatic carbocycles. The quantitative estimate of drug-likeness (QED) is 0.736. The molecule has 0 bridgehead atoms. The second-order valence-corrected chi connectivity index (χ2v) is 4.40. The third-order valence-electron chi connectivity index (χ3n) is 3.15. The Morgan fingerprint density at radius 3 is 2.93 bits per heavy atom. The summed E-state index contributed by atoms with van der Waals surface area (Å²) in [7, 11) is 0. The van der Waals surface area contributed by atoms with E-state index >= 15 is 0 Å². The number of aliphatic carboxylic acids is 1. The minimum atomic E-state index is -0.661. The molecule has 2 atom stereocenters. The fourth-order valence-electron chi connectivity index (χ4n) is 2.10. The third kappa shape index (κ3) is 3.29. The van der Waals surface area contributed by atoms with Gasteiger partial charge in [-0.15, -0.1) is 0 Å². The Morgan fingerprint density at radius 2 is 2.36 bits per heavy atom. The Kier molecular flexibility index (Phi) is 4.39. The third-order valence-corrected chi connectivity index (χ3v) is 3.15. The van der Waals surface area contributed by atoms with Crippen molar-refractivity contribution in [2.75, 3.05) is 13.1 Å². The highest BCUT2D eigenvalue weighted by molar-refractivity contribution is 5.67. The standard InChI is InChI=1S/C11H21NO2/c1-3-9(2)8-12-6-4-5-10(12)7-11(13)14/h9-10H,3-8H2,1-2H3,(H,13,14). The molecule has 1 heterocycles. The van der Waals surface area contributed by atoms with Gasteiger partial charge in [-0.25, -0.2) is 0 Å². The maximum atomic E-state index is 10.6. The van der Waals surface area contributed by atoms with Gasteiger partial charge in [-0.2, -0.15) is 0 Å². The molecule has 1 aliphatic rings. The average molecular weight is 199 g/mol. The van der Waals surface area contributed by atoms with Gasteiger partial charge in [0.15, 0.2) is 0 Å². The number of likely N-dealkylation sites (tertiary alicyclic amines) is 1. The van der Waals surface area contributed by atoms with Gasteiger partial charge < -0.3 is 5.11 Å². The van der Waals surface area contributed by atoms with Crippen molar-refractivity contribution in [1.29, 1.82) is 0 Å². The lowest BCUT2D eigenvalue weighted by Crippen LogP contribution is -2.34. The summed E-state index contributed by atoms with van der Waals surface area (Å²) in [6, 6.07) is 0.293. The van der Waals surface area contributed by atoms with Crippen molar-refractivity contribution in [3.8, 4) is 0 Å². The molecule has 0 aromatic carbocycles. The molecule has 2 unspecified atom stereocenters. The highest BCUT2D eigenvalue weighted by Gasteiger charge is 2.26.